The molecule has 0 unspecified atom stereocenters. The molecule has 2 amide bonds. The van der Waals surface area contributed by atoms with Crippen LogP contribution in [0.4, 0.5) is 0 Å². The molecule has 28 heavy (non-hydrogen) atoms. The first-order chi connectivity index (χ1) is 13.6. The van der Waals surface area contributed by atoms with Gasteiger partial charge in [0.15, 0.2) is 0 Å². The van der Waals surface area contributed by atoms with Gasteiger partial charge in [-0.05, 0) is 19.3 Å². The topological polar surface area (TPSA) is 98.6 Å². The van der Waals surface area contributed by atoms with Crippen LogP contribution < -0.4 is 5.32 Å². The van der Waals surface area contributed by atoms with Gasteiger partial charge < -0.3 is 19.7 Å². The second-order valence-corrected chi connectivity index (χ2v) is 8.11. The van der Waals surface area contributed by atoms with E-state index in [9.17, 15) is 9.59 Å². The van der Waals surface area contributed by atoms with E-state index in [0.717, 1.165) is 25.8 Å². The summed E-state index contributed by atoms with van der Waals surface area (Å²) in [7, 11) is 1.61. The summed E-state index contributed by atoms with van der Waals surface area (Å²) in [6.45, 7) is 3.17. The van der Waals surface area contributed by atoms with Crippen LogP contribution in [0.1, 0.15) is 32.1 Å². The maximum Gasteiger partial charge on any atom is 0.224 e. The zero-order chi connectivity index (χ0) is 19.6. The Labute approximate surface area is 164 Å². The monoisotopic (exact) mass is 391 g/mol. The summed E-state index contributed by atoms with van der Waals surface area (Å²) >= 11 is 0. The number of likely N-dealkylation sites (tertiary alicyclic amines) is 1. The Morgan fingerprint density at radius 2 is 2.29 bits per heavy atom. The number of aryl methyl sites for hydroxylation is 1. The number of aromatic nitrogens is 3. The molecule has 0 aromatic carbocycles. The van der Waals surface area contributed by atoms with Crippen molar-refractivity contribution in [2.24, 2.45) is 11.8 Å². The zero-order valence-corrected chi connectivity index (χ0v) is 16.4. The van der Waals surface area contributed by atoms with Crippen LogP contribution in [0.3, 0.4) is 0 Å². The van der Waals surface area contributed by atoms with Crippen LogP contribution in [-0.2, 0) is 25.6 Å². The standard InChI is InChI=1S/C19H29N5O4/c1-27-8-5-18(26)23-10-15-14(16-4-6-19(15,11-23)28-16)9-21-17(25)3-2-7-24-13-20-12-22-24/h12-16H,2-11H2,1H3,(H,21,25)/t14-,15+,16+,19+/m0/s1. The van der Waals surface area contributed by atoms with Gasteiger partial charge in [-0.15, -0.1) is 0 Å². The number of rotatable bonds is 9. The van der Waals surface area contributed by atoms with E-state index in [1.54, 1.807) is 18.1 Å². The molecule has 3 aliphatic heterocycles. The summed E-state index contributed by atoms with van der Waals surface area (Å²) < 4.78 is 13.1. The number of hydrogen-bond acceptors (Lipinski definition) is 6. The minimum absolute atomic E-state index is 0.0583. The Kier molecular flexibility index (Phi) is 5.63. The Hall–Kier alpha value is -2.00. The van der Waals surface area contributed by atoms with E-state index in [4.69, 9.17) is 9.47 Å². The van der Waals surface area contributed by atoms with E-state index >= 15 is 0 Å². The Balaban J connectivity index is 1.26. The van der Waals surface area contributed by atoms with Crippen LogP contribution in [0.5, 0.6) is 0 Å². The highest BCUT2D eigenvalue weighted by molar-refractivity contribution is 5.77. The molecule has 4 atom stereocenters. The molecule has 0 saturated carbocycles. The highest BCUT2D eigenvalue weighted by atomic mass is 16.5. The SMILES string of the molecule is COCCC(=O)N1C[C@@H]2[C@H](CNC(=O)CCCn3cncn3)[C@H]3CC[C@]2(C1)O3. The second-order valence-electron chi connectivity index (χ2n) is 8.11. The van der Waals surface area contributed by atoms with Gasteiger partial charge in [-0.2, -0.15) is 5.10 Å². The molecule has 1 N–H and O–H groups in total. The molecule has 1 aromatic rings. The largest absolute Gasteiger partial charge is 0.384 e. The molecular weight excluding hydrogens is 362 g/mol. The van der Waals surface area contributed by atoms with Crippen LogP contribution in [0, 0.1) is 11.8 Å². The van der Waals surface area contributed by atoms with Crippen molar-refractivity contribution in [3.8, 4) is 0 Å². The Bertz CT molecular complexity index is 697. The normalized spacial score (nSPS) is 30.6. The number of fused-ring (bicyclic) bond motifs is 1. The molecule has 9 nitrogen and oxygen atoms in total. The Morgan fingerprint density at radius 3 is 3.07 bits per heavy atom. The lowest BCUT2D eigenvalue weighted by Gasteiger charge is -2.29. The summed E-state index contributed by atoms with van der Waals surface area (Å²) in [4.78, 5) is 30.5. The van der Waals surface area contributed by atoms with E-state index in [1.807, 2.05) is 4.90 Å². The molecular formula is C19H29N5O4. The molecule has 3 saturated heterocycles. The van der Waals surface area contributed by atoms with Crippen molar-refractivity contribution in [1.29, 1.82) is 0 Å². The molecule has 0 aliphatic carbocycles. The highest BCUT2D eigenvalue weighted by Crippen LogP contribution is 2.54. The van der Waals surface area contributed by atoms with Crippen molar-refractivity contribution in [2.45, 2.75) is 50.4 Å². The van der Waals surface area contributed by atoms with E-state index in [0.29, 0.717) is 45.0 Å². The molecule has 3 fully saturated rings. The van der Waals surface area contributed by atoms with Crippen LogP contribution in [0.25, 0.3) is 0 Å². The van der Waals surface area contributed by atoms with Gasteiger partial charge in [0.05, 0.1) is 31.3 Å². The zero-order valence-electron chi connectivity index (χ0n) is 16.4. The molecule has 0 radical (unpaired) electrons. The van der Waals surface area contributed by atoms with E-state index in [1.165, 1.54) is 6.33 Å². The predicted molar refractivity (Wildman–Crippen MR) is 99.2 cm³/mol. The molecule has 3 aliphatic rings. The fourth-order valence-corrected chi connectivity index (χ4v) is 5.07. The summed E-state index contributed by atoms with van der Waals surface area (Å²) in [5.41, 5.74) is -0.199. The molecule has 1 spiro atoms. The number of amides is 2. The average Bonchev–Trinajstić information content (AvgIpc) is 3.45. The predicted octanol–water partition coefficient (Wildman–Crippen LogP) is 0.217. The van der Waals surface area contributed by atoms with Crippen molar-refractivity contribution in [2.75, 3.05) is 33.4 Å². The Morgan fingerprint density at radius 1 is 1.39 bits per heavy atom. The van der Waals surface area contributed by atoms with Gasteiger partial charge in [-0.25, -0.2) is 4.98 Å². The molecule has 4 heterocycles. The van der Waals surface area contributed by atoms with Gasteiger partial charge in [0, 0.05) is 45.0 Å². The minimum Gasteiger partial charge on any atom is -0.384 e. The van der Waals surface area contributed by atoms with E-state index in [-0.39, 0.29) is 29.4 Å². The number of hydrogen-bond donors (Lipinski definition) is 1. The first kappa shape index (κ1) is 19.3. The van der Waals surface area contributed by atoms with Crippen molar-refractivity contribution >= 4 is 11.8 Å². The summed E-state index contributed by atoms with van der Waals surface area (Å²) in [6.07, 6.45) is 7.00. The van der Waals surface area contributed by atoms with E-state index < -0.39 is 0 Å². The molecule has 1 aromatic heterocycles. The number of ether oxygens (including phenoxy) is 2. The fraction of sp³-hybridized carbons (Fsp3) is 0.789. The van der Waals surface area contributed by atoms with Gasteiger partial charge in [0.25, 0.3) is 0 Å². The van der Waals surface area contributed by atoms with Gasteiger partial charge in [0.2, 0.25) is 11.8 Å². The third-order valence-corrected chi connectivity index (χ3v) is 6.45. The second kappa shape index (κ2) is 8.16. The van der Waals surface area contributed by atoms with Gasteiger partial charge in [0.1, 0.15) is 12.7 Å². The maximum absolute atomic E-state index is 12.4. The van der Waals surface area contributed by atoms with Crippen LogP contribution in [-0.4, -0.2) is 76.5 Å². The molecule has 9 heteroatoms. The van der Waals surface area contributed by atoms with Gasteiger partial charge in [-0.1, -0.05) is 0 Å². The molecule has 154 valence electrons. The number of carbonyl (C=O) groups excluding carboxylic acids is 2. The lowest BCUT2D eigenvalue weighted by molar-refractivity contribution is -0.132. The number of nitrogens with zero attached hydrogens (tertiary/aromatic N) is 4. The maximum atomic E-state index is 12.4. The smallest absolute Gasteiger partial charge is 0.224 e. The van der Waals surface area contributed by atoms with E-state index in [2.05, 4.69) is 15.4 Å². The lowest BCUT2D eigenvalue weighted by Crippen LogP contribution is -2.41. The first-order valence-corrected chi connectivity index (χ1v) is 10.1. The van der Waals surface area contributed by atoms with Crippen molar-refractivity contribution in [3.05, 3.63) is 12.7 Å². The third-order valence-electron chi connectivity index (χ3n) is 6.45. The number of methoxy groups -OCH3 is 1. The minimum atomic E-state index is -0.199. The summed E-state index contributed by atoms with van der Waals surface area (Å²) in [6, 6.07) is 0. The van der Waals surface area contributed by atoms with Crippen molar-refractivity contribution in [3.63, 3.8) is 0 Å². The number of carbonyl (C=O) groups is 2. The molecule has 4 rings (SSSR count). The summed E-state index contributed by atoms with van der Waals surface area (Å²) in [5.74, 6) is 0.790. The fourth-order valence-electron chi connectivity index (χ4n) is 5.07. The van der Waals surface area contributed by atoms with Gasteiger partial charge >= 0.3 is 0 Å². The van der Waals surface area contributed by atoms with Gasteiger partial charge in [-0.3, -0.25) is 14.3 Å². The van der Waals surface area contributed by atoms with Crippen LogP contribution >= 0.6 is 0 Å². The van der Waals surface area contributed by atoms with Crippen LogP contribution in [0.15, 0.2) is 12.7 Å². The number of nitrogens with one attached hydrogen (secondary N) is 1. The van der Waals surface area contributed by atoms with Crippen molar-refractivity contribution < 1.29 is 19.1 Å². The average molecular weight is 391 g/mol. The lowest BCUT2D eigenvalue weighted by atomic mass is 9.73. The van der Waals surface area contributed by atoms with Crippen LogP contribution in [0.2, 0.25) is 0 Å². The molecule has 2 bridgehead atoms. The first-order valence-electron chi connectivity index (χ1n) is 10.1. The highest BCUT2D eigenvalue weighted by Gasteiger charge is 2.63. The quantitative estimate of drug-likeness (QED) is 0.647. The van der Waals surface area contributed by atoms with Crippen molar-refractivity contribution in [1.82, 2.24) is 25.0 Å². The summed E-state index contributed by atoms with van der Waals surface area (Å²) in [5, 5.41) is 7.13. The third kappa shape index (κ3) is 3.77.